The molecule has 0 bridgehead atoms. The van der Waals surface area contributed by atoms with Gasteiger partial charge in [0.2, 0.25) is 0 Å². The van der Waals surface area contributed by atoms with E-state index >= 15 is 0 Å². The molecule has 1 saturated heterocycles. The standard InChI is InChI=1S/C11H20NO2/c1-3-12-10(14-4-2)9-11(12)5-7-13-8-6-11/h3-9H2,1-2H3/q+1. The van der Waals surface area contributed by atoms with E-state index in [4.69, 9.17) is 9.47 Å². The molecule has 0 unspecified atom stereocenters. The Kier molecular flexibility index (Phi) is 2.77. The Hall–Kier alpha value is -0.570. The minimum absolute atomic E-state index is 0.386. The zero-order valence-corrected chi connectivity index (χ0v) is 9.21. The summed E-state index contributed by atoms with van der Waals surface area (Å²) in [5.74, 6) is 1.19. The van der Waals surface area contributed by atoms with E-state index in [1.54, 1.807) is 0 Å². The highest BCUT2D eigenvalue weighted by Crippen LogP contribution is 2.36. The molecule has 0 saturated carbocycles. The van der Waals surface area contributed by atoms with Gasteiger partial charge in [0.05, 0.1) is 19.8 Å². The van der Waals surface area contributed by atoms with Gasteiger partial charge in [0.15, 0.2) is 5.54 Å². The number of ether oxygens (including phenoxy) is 2. The van der Waals surface area contributed by atoms with E-state index in [1.165, 1.54) is 5.90 Å². The fourth-order valence-electron chi connectivity index (χ4n) is 2.65. The lowest BCUT2D eigenvalue weighted by Gasteiger charge is -2.40. The van der Waals surface area contributed by atoms with Gasteiger partial charge in [-0.2, -0.15) is 4.58 Å². The second-order valence-electron chi connectivity index (χ2n) is 4.08. The average molecular weight is 198 g/mol. The molecule has 2 heterocycles. The molecule has 0 aromatic rings. The van der Waals surface area contributed by atoms with E-state index in [2.05, 4.69) is 18.4 Å². The fraction of sp³-hybridized carbons (Fsp3) is 0.909. The maximum absolute atomic E-state index is 5.61. The Balaban J connectivity index is 2.09. The second-order valence-corrected chi connectivity index (χ2v) is 4.08. The predicted molar refractivity (Wildman–Crippen MR) is 54.8 cm³/mol. The molecule has 80 valence electrons. The van der Waals surface area contributed by atoms with Gasteiger partial charge in [-0.15, -0.1) is 0 Å². The van der Waals surface area contributed by atoms with Crippen molar-refractivity contribution < 1.29 is 14.0 Å². The quantitative estimate of drug-likeness (QED) is 0.626. The van der Waals surface area contributed by atoms with Crippen molar-refractivity contribution in [1.29, 1.82) is 0 Å². The smallest absolute Gasteiger partial charge is 0.343 e. The summed E-state index contributed by atoms with van der Waals surface area (Å²) in [6.45, 7) is 7.94. The SMILES string of the molecule is CCOC1=[N+](CC)C2(CCOCC2)C1. The third-order valence-corrected chi connectivity index (χ3v) is 3.40. The van der Waals surface area contributed by atoms with Crippen LogP contribution in [-0.4, -0.2) is 42.4 Å². The highest BCUT2D eigenvalue weighted by Gasteiger charge is 2.54. The first-order valence-electron chi connectivity index (χ1n) is 5.66. The van der Waals surface area contributed by atoms with Crippen LogP contribution in [0, 0.1) is 0 Å². The summed E-state index contributed by atoms with van der Waals surface area (Å²) < 4.78 is 13.5. The Bertz CT molecular complexity index is 242. The van der Waals surface area contributed by atoms with Gasteiger partial charge < -0.3 is 9.47 Å². The van der Waals surface area contributed by atoms with Crippen LogP contribution in [0.25, 0.3) is 0 Å². The van der Waals surface area contributed by atoms with Crippen molar-refractivity contribution in [2.45, 2.75) is 38.6 Å². The van der Waals surface area contributed by atoms with Crippen molar-refractivity contribution >= 4 is 5.90 Å². The van der Waals surface area contributed by atoms with Crippen molar-refractivity contribution in [2.75, 3.05) is 26.4 Å². The molecule has 2 aliphatic rings. The Morgan fingerprint density at radius 2 is 2.07 bits per heavy atom. The molecule has 3 heteroatoms. The number of rotatable bonds is 2. The van der Waals surface area contributed by atoms with Gasteiger partial charge in [0.25, 0.3) is 0 Å². The van der Waals surface area contributed by atoms with Crippen molar-refractivity contribution in [2.24, 2.45) is 0 Å². The molecule has 1 spiro atoms. The summed E-state index contributed by atoms with van der Waals surface area (Å²) in [5.41, 5.74) is 0.386. The zero-order valence-electron chi connectivity index (χ0n) is 9.21. The lowest BCUT2D eigenvalue weighted by molar-refractivity contribution is -0.648. The average Bonchev–Trinajstić information content (AvgIpc) is 2.19. The van der Waals surface area contributed by atoms with Crippen LogP contribution < -0.4 is 0 Å². The molecule has 2 aliphatic heterocycles. The topological polar surface area (TPSA) is 21.5 Å². The zero-order chi connectivity index (χ0) is 10.0. The van der Waals surface area contributed by atoms with E-state index < -0.39 is 0 Å². The van der Waals surface area contributed by atoms with Gasteiger partial charge in [-0.1, -0.05) is 0 Å². The molecule has 0 atom stereocenters. The molecule has 0 aromatic heterocycles. The molecular weight excluding hydrogens is 178 g/mol. The number of hydrogen-bond acceptors (Lipinski definition) is 2. The van der Waals surface area contributed by atoms with Crippen LogP contribution in [0.3, 0.4) is 0 Å². The molecule has 3 nitrogen and oxygen atoms in total. The molecule has 0 radical (unpaired) electrons. The Morgan fingerprint density at radius 3 is 2.64 bits per heavy atom. The molecule has 2 rings (SSSR count). The monoisotopic (exact) mass is 198 g/mol. The van der Waals surface area contributed by atoms with Crippen LogP contribution in [0.4, 0.5) is 0 Å². The first-order valence-corrected chi connectivity index (χ1v) is 5.66. The lowest BCUT2D eigenvalue weighted by atomic mass is 9.80. The Labute approximate surface area is 85.7 Å². The third kappa shape index (κ3) is 1.44. The van der Waals surface area contributed by atoms with Crippen LogP contribution in [-0.2, 0) is 9.47 Å². The van der Waals surface area contributed by atoms with Gasteiger partial charge in [-0.25, -0.2) is 0 Å². The number of nitrogens with zero attached hydrogens (tertiary/aromatic N) is 1. The van der Waals surface area contributed by atoms with E-state index in [0.717, 1.165) is 45.6 Å². The highest BCUT2D eigenvalue weighted by molar-refractivity contribution is 5.76. The molecule has 0 aliphatic carbocycles. The normalized spacial score (nSPS) is 25.0. The van der Waals surface area contributed by atoms with E-state index in [0.29, 0.717) is 5.54 Å². The van der Waals surface area contributed by atoms with E-state index in [9.17, 15) is 0 Å². The van der Waals surface area contributed by atoms with Crippen molar-refractivity contribution in [1.82, 2.24) is 0 Å². The van der Waals surface area contributed by atoms with E-state index in [-0.39, 0.29) is 0 Å². The first kappa shape index (κ1) is 9.97. The molecule has 1 fully saturated rings. The minimum atomic E-state index is 0.386. The van der Waals surface area contributed by atoms with Gasteiger partial charge in [0, 0.05) is 12.8 Å². The lowest BCUT2D eigenvalue weighted by Crippen LogP contribution is -2.59. The minimum Gasteiger partial charge on any atom is -0.448 e. The van der Waals surface area contributed by atoms with Crippen LogP contribution in [0.2, 0.25) is 0 Å². The van der Waals surface area contributed by atoms with Crippen LogP contribution in [0.5, 0.6) is 0 Å². The summed E-state index contributed by atoms with van der Waals surface area (Å²) in [4.78, 5) is 0. The molecule has 0 N–H and O–H groups in total. The third-order valence-electron chi connectivity index (χ3n) is 3.40. The molecular formula is C11H20NO2+. The van der Waals surface area contributed by atoms with Crippen LogP contribution in [0.15, 0.2) is 0 Å². The summed E-state index contributed by atoms with van der Waals surface area (Å²) in [6, 6.07) is 0. The highest BCUT2D eigenvalue weighted by atomic mass is 16.5. The van der Waals surface area contributed by atoms with Gasteiger partial charge in [0.1, 0.15) is 13.0 Å². The summed E-state index contributed by atoms with van der Waals surface area (Å²) in [7, 11) is 0. The van der Waals surface area contributed by atoms with Crippen molar-refractivity contribution in [3.8, 4) is 0 Å². The maximum Gasteiger partial charge on any atom is 0.343 e. The summed E-state index contributed by atoms with van der Waals surface area (Å²) >= 11 is 0. The van der Waals surface area contributed by atoms with Gasteiger partial charge in [-0.05, 0) is 13.8 Å². The van der Waals surface area contributed by atoms with Gasteiger partial charge in [-0.3, -0.25) is 0 Å². The largest absolute Gasteiger partial charge is 0.448 e. The maximum atomic E-state index is 5.61. The predicted octanol–water partition coefficient (Wildman–Crippen LogP) is 1.41. The van der Waals surface area contributed by atoms with E-state index in [1.807, 2.05) is 0 Å². The summed E-state index contributed by atoms with van der Waals surface area (Å²) in [6.07, 6.45) is 3.45. The Morgan fingerprint density at radius 1 is 1.36 bits per heavy atom. The second kappa shape index (κ2) is 3.89. The van der Waals surface area contributed by atoms with Gasteiger partial charge >= 0.3 is 5.90 Å². The molecule has 0 aromatic carbocycles. The first-order chi connectivity index (χ1) is 6.82. The van der Waals surface area contributed by atoms with Crippen LogP contribution in [0.1, 0.15) is 33.1 Å². The summed E-state index contributed by atoms with van der Waals surface area (Å²) in [5, 5.41) is 0. The van der Waals surface area contributed by atoms with Crippen LogP contribution >= 0.6 is 0 Å². The fourth-order valence-corrected chi connectivity index (χ4v) is 2.65. The van der Waals surface area contributed by atoms with Crippen molar-refractivity contribution in [3.63, 3.8) is 0 Å². The van der Waals surface area contributed by atoms with Crippen molar-refractivity contribution in [3.05, 3.63) is 0 Å². The number of hydrogen-bond donors (Lipinski definition) is 0. The molecule has 14 heavy (non-hydrogen) atoms. The molecule has 0 amide bonds.